The van der Waals surface area contributed by atoms with Crippen LogP contribution in [0, 0.1) is 6.92 Å². The van der Waals surface area contributed by atoms with Crippen molar-refractivity contribution in [2.45, 2.75) is 26.3 Å². The van der Waals surface area contributed by atoms with Crippen molar-refractivity contribution in [1.82, 2.24) is 4.90 Å². The van der Waals surface area contributed by atoms with Gasteiger partial charge in [0, 0.05) is 18.3 Å². The minimum absolute atomic E-state index is 0.188. The Morgan fingerprint density at radius 3 is 3.04 bits per heavy atom. The third-order valence-corrected chi connectivity index (χ3v) is 4.92. The van der Waals surface area contributed by atoms with E-state index in [1.165, 1.54) is 0 Å². The fourth-order valence-electron chi connectivity index (χ4n) is 3.52. The summed E-state index contributed by atoms with van der Waals surface area (Å²) in [6.07, 6.45) is 2.65. The number of hydrogen-bond acceptors (Lipinski definition) is 7. The zero-order chi connectivity index (χ0) is 18.5. The summed E-state index contributed by atoms with van der Waals surface area (Å²) < 4.78 is 16.4. The summed E-state index contributed by atoms with van der Waals surface area (Å²) >= 11 is 0. The molecule has 8 nitrogen and oxygen atoms in total. The largest absolute Gasteiger partial charge is 0.454 e. The van der Waals surface area contributed by atoms with E-state index in [2.05, 4.69) is 17.2 Å². The summed E-state index contributed by atoms with van der Waals surface area (Å²) in [5, 5.41) is 2.91. The molecule has 1 aromatic carbocycles. The number of benzene rings is 1. The molecule has 1 unspecified atom stereocenters. The summed E-state index contributed by atoms with van der Waals surface area (Å²) in [5.41, 5.74) is 1.73. The molecule has 0 fully saturated rings. The van der Waals surface area contributed by atoms with E-state index in [0.717, 1.165) is 18.8 Å². The van der Waals surface area contributed by atoms with Crippen LogP contribution in [0.1, 0.15) is 35.0 Å². The predicted molar refractivity (Wildman–Crippen MR) is 99.4 cm³/mol. The molecule has 0 saturated carbocycles. The van der Waals surface area contributed by atoms with E-state index in [-0.39, 0.29) is 18.7 Å². The number of nitrogens with zero attached hydrogens (tertiary/aromatic N) is 3. The summed E-state index contributed by atoms with van der Waals surface area (Å²) in [4.78, 5) is 24.1. The Morgan fingerprint density at radius 1 is 1.33 bits per heavy atom. The van der Waals surface area contributed by atoms with Crippen LogP contribution < -0.4 is 14.8 Å². The van der Waals surface area contributed by atoms with Gasteiger partial charge in [0.05, 0.1) is 17.2 Å². The van der Waals surface area contributed by atoms with Gasteiger partial charge in [0.2, 0.25) is 12.7 Å². The molecule has 27 heavy (non-hydrogen) atoms. The van der Waals surface area contributed by atoms with Gasteiger partial charge in [-0.15, -0.1) is 0 Å². The molecule has 4 heterocycles. The van der Waals surface area contributed by atoms with Crippen molar-refractivity contribution in [3.05, 3.63) is 35.1 Å². The lowest BCUT2D eigenvalue weighted by atomic mass is 10.1. The van der Waals surface area contributed by atoms with Crippen LogP contribution in [0.3, 0.4) is 0 Å². The molecule has 0 spiro atoms. The Bertz CT molecular complexity index is 1010. The van der Waals surface area contributed by atoms with Crippen molar-refractivity contribution >= 4 is 29.7 Å². The molecule has 1 aromatic heterocycles. The highest BCUT2D eigenvalue weighted by molar-refractivity contribution is 6.19. The molecule has 5 rings (SSSR count). The quantitative estimate of drug-likeness (QED) is 0.902. The number of nitrogens with one attached hydrogen (secondary N) is 1. The van der Waals surface area contributed by atoms with E-state index in [4.69, 9.17) is 18.9 Å². The molecular weight excluding hydrogens is 348 g/mol. The van der Waals surface area contributed by atoms with Crippen LogP contribution in [-0.4, -0.2) is 42.4 Å². The highest BCUT2D eigenvalue weighted by Crippen LogP contribution is 2.37. The number of furan rings is 1. The van der Waals surface area contributed by atoms with Crippen LogP contribution >= 0.6 is 0 Å². The molecule has 0 bridgehead atoms. The number of aliphatic imine (C=N–C) groups is 2. The van der Waals surface area contributed by atoms with Crippen molar-refractivity contribution in [2.24, 2.45) is 9.98 Å². The van der Waals surface area contributed by atoms with Crippen molar-refractivity contribution < 1.29 is 18.7 Å². The number of fused-ring (bicyclic) bond motifs is 4. The van der Waals surface area contributed by atoms with Gasteiger partial charge in [-0.25, -0.2) is 4.99 Å². The lowest BCUT2D eigenvalue weighted by Gasteiger charge is -2.18. The topological polar surface area (TPSA) is 88.7 Å². The molecule has 1 N–H and O–H groups in total. The predicted octanol–water partition coefficient (Wildman–Crippen LogP) is 3.08. The second-order valence-corrected chi connectivity index (χ2v) is 6.65. The van der Waals surface area contributed by atoms with Crippen LogP contribution in [0.15, 0.2) is 32.6 Å². The second kappa shape index (κ2) is 5.87. The molecule has 0 aliphatic carbocycles. The van der Waals surface area contributed by atoms with E-state index >= 15 is 0 Å². The molecule has 138 valence electrons. The lowest BCUT2D eigenvalue weighted by Crippen LogP contribution is -2.31. The van der Waals surface area contributed by atoms with Crippen LogP contribution in [0.2, 0.25) is 0 Å². The third kappa shape index (κ3) is 2.48. The number of ether oxygens (including phenoxy) is 2. The van der Waals surface area contributed by atoms with Gasteiger partial charge in [-0.05, 0) is 25.5 Å². The van der Waals surface area contributed by atoms with Gasteiger partial charge in [-0.2, -0.15) is 0 Å². The fourth-order valence-corrected chi connectivity index (χ4v) is 3.52. The average Bonchev–Trinajstić information content (AvgIpc) is 3.35. The van der Waals surface area contributed by atoms with E-state index < -0.39 is 0 Å². The van der Waals surface area contributed by atoms with E-state index in [0.29, 0.717) is 40.0 Å². The van der Waals surface area contributed by atoms with E-state index in [1.807, 2.05) is 4.90 Å². The van der Waals surface area contributed by atoms with E-state index in [9.17, 15) is 4.79 Å². The first-order valence-corrected chi connectivity index (χ1v) is 8.87. The Balaban J connectivity index is 1.50. The molecule has 0 saturated heterocycles. The van der Waals surface area contributed by atoms with Crippen LogP contribution in [0.5, 0.6) is 11.5 Å². The number of rotatable bonds is 3. The van der Waals surface area contributed by atoms with Crippen molar-refractivity contribution in [3.63, 3.8) is 0 Å². The zero-order valence-electron chi connectivity index (χ0n) is 15.0. The van der Waals surface area contributed by atoms with Gasteiger partial charge in [0.15, 0.2) is 11.5 Å². The first kappa shape index (κ1) is 15.9. The molecule has 0 radical (unpaired) electrons. The van der Waals surface area contributed by atoms with Crippen LogP contribution in [0.25, 0.3) is 0 Å². The molecule has 3 aliphatic rings. The van der Waals surface area contributed by atoms with E-state index in [1.54, 1.807) is 31.5 Å². The number of aryl methyl sites for hydroxylation is 1. The number of carbonyl (C=O) groups excluding carboxylic acids is 1. The maximum absolute atomic E-state index is 13.0. The summed E-state index contributed by atoms with van der Waals surface area (Å²) in [5.74, 6) is 2.70. The molecule has 3 aliphatic heterocycles. The van der Waals surface area contributed by atoms with Gasteiger partial charge in [0.1, 0.15) is 17.9 Å². The maximum atomic E-state index is 13.0. The van der Waals surface area contributed by atoms with Crippen LogP contribution in [-0.2, 0) is 0 Å². The third-order valence-electron chi connectivity index (χ3n) is 4.92. The Morgan fingerprint density at radius 2 is 2.19 bits per heavy atom. The first-order chi connectivity index (χ1) is 13.1. The van der Waals surface area contributed by atoms with Gasteiger partial charge >= 0.3 is 0 Å². The fraction of sp³-hybridized carbons (Fsp3) is 0.316. The molecule has 1 atom stereocenters. The second-order valence-electron chi connectivity index (χ2n) is 6.65. The van der Waals surface area contributed by atoms with Gasteiger partial charge in [-0.3, -0.25) is 9.79 Å². The SMILES string of the molecule is CCC1CN2C=Nc3oc(C)c(C(=O)Nc4ccc5c(c4)OCO5)c3C2=N1. The summed E-state index contributed by atoms with van der Waals surface area (Å²) in [7, 11) is 0. The standard InChI is InChI=1S/C19H18N4O4/c1-3-11-7-23-8-20-19-16(17(23)21-11)15(10(2)27-19)18(24)22-12-4-5-13-14(6-12)26-9-25-13/h4-6,8,11H,3,7,9H2,1-2H3,(H,22,24). The molecule has 1 amide bonds. The van der Waals surface area contributed by atoms with Crippen molar-refractivity contribution in [2.75, 3.05) is 18.7 Å². The van der Waals surface area contributed by atoms with Gasteiger partial charge in [0.25, 0.3) is 5.91 Å². The van der Waals surface area contributed by atoms with Gasteiger partial charge in [-0.1, -0.05) is 6.92 Å². The highest BCUT2D eigenvalue weighted by Gasteiger charge is 2.36. The maximum Gasteiger partial charge on any atom is 0.260 e. The highest BCUT2D eigenvalue weighted by atomic mass is 16.7. The molecule has 2 aromatic rings. The number of carbonyl (C=O) groups is 1. The minimum Gasteiger partial charge on any atom is -0.454 e. The summed E-state index contributed by atoms with van der Waals surface area (Å²) in [6, 6.07) is 5.48. The number of amides is 1. The van der Waals surface area contributed by atoms with Crippen molar-refractivity contribution in [3.8, 4) is 11.5 Å². The number of anilines is 1. The Labute approximate surface area is 155 Å². The molecule has 8 heteroatoms. The minimum atomic E-state index is -0.268. The van der Waals surface area contributed by atoms with Crippen LogP contribution in [0.4, 0.5) is 11.6 Å². The Kier molecular flexibility index (Phi) is 3.46. The first-order valence-electron chi connectivity index (χ1n) is 8.87. The summed E-state index contributed by atoms with van der Waals surface area (Å²) in [6.45, 7) is 4.81. The number of amidine groups is 1. The lowest BCUT2D eigenvalue weighted by molar-refractivity contribution is 0.102. The normalized spacial score (nSPS) is 19.0. The van der Waals surface area contributed by atoms with Crippen molar-refractivity contribution in [1.29, 1.82) is 0 Å². The smallest absolute Gasteiger partial charge is 0.260 e. The number of hydrogen-bond donors (Lipinski definition) is 1. The Hall–Kier alpha value is -3.29. The molecular formula is C19H18N4O4. The van der Waals surface area contributed by atoms with Gasteiger partial charge < -0.3 is 24.1 Å². The monoisotopic (exact) mass is 366 g/mol. The zero-order valence-corrected chi connectivity index (χ0v) is 15.0. The average molecular weight is 366 g/mol.